The fourth-order valence-electron chi connectivity index (χ4n) is 3.53. The van der Waals surface area contributed by atoms with Gasteiger partial charge in [-0.15, -0.1) is 0 Å². The van der Waals surface area contributed by atoms with Crippen LogP contribution in [0.25, 0.3) is 0 Å². The number of halogens is 2. The Morgan fingerprint density at radius 3 is 2.50 bits per heavy atom. The van der Waals surface area contributed by atoms with E-state index in [-0.39, 0.29) is 11.8 Å². The first-order chi connectivity index (χ1) is 13.5. The summed E-state index contributed by atoms with van der Waals surface area (Å²) < 4.78 is 14.6. The van der Waals surface area contributed by atoms with E-state index < -0.39 is 12.0 Å². The van der Waals surface area contributed by atoms with E-state index in [1.807, 2.05) is 43.3 Å². The van der Waals surface area contributed by atoms with Gasteiger partial charge in [0.05, 0.1) is 5.02 Å². The Morgan fingerprint density at radius 2 is 1.79 bits per heavy atom. The van der Waals surface area contributed by atoms with Crippen molar-refractivity contribution in [2.24, 2.45) is 4.99 Å². The van der Waals surface area contributed by atoms with Gasteiger partial charge in [0, 0.05) is 29.3 Å². The molecule has 3 aromatic rings. The highest BCUT2D eigenvalue weighted by Gasteiger charge is 2.30. The summed E-state index contributed by atoms with van der Waals surface area (Å²) >= 11 is 6.30. The number of phenols is 1. The first-order valence-corrected chi connectivity index (χ1v) is 9.52. The second kappa shape index (κ2) is 7.74. The summed E-state index contributed by atoms with van der Waals surface area (Å²) in [6.45, 7) is 2.03. The van der Waals surface area contributed by atoms with Gasteiger partial charge in [0.15, 0.2) is 0 Å². The van der Waals surface area contributed by atoms with Crippen LogP contribution in [-0.2, 0) is 0 Å². The topological polar surface area (TPSA) is 44.6 Å². The van der Waals surface area contributed by atoms with Gasteiger partial charge in [-0.1, -0.05) is 65.7 Å². The van der Waals surface area contributed by atoms with Crippen molar-refractivity contribution in [2.75, 3.05) is 0 Å². The molecule has 3 nitrogen and oxygen atoms in total. The van der Waals surface area contributed by atoms with Crippen molar-refractivity contribution >= 4 is 17.3 Å². The zero-order chi connectivity index (χ0) is 19.7. The van der Waals surface area contributed by atoms with Crippen molar-refractivity contribution < 1.29 is 9.50 Å². The Kier molecular flexibility index (Phi) is 5.16. The molecule has 28 heavy (non-hydrogen) atoms. The molecule has 3 aromatic carbocycles. The van der Waals surface area contributed by atoms with Crippen molar-refractivity contribution in [1.82, 2.24) is 5.32 Å². The molecule has 142 valence electrons. The molecule has 0 unspecified atom stereocenters. The number of benzene rings is 3. The minimum atomic E-state index is -0.650. The van der Waals surface area contributed by atoms with E-state index in [0.717, 1.165) is 22.4 Å². The average molecular weight is 395 g/mol. The summed E-state index contributed by atoms with van der Waals surface area (Å²) in [5, 5.41) is 14.0. The van der Waals surface area contributed by atoms with E-state index in [4.69, 9.17) is 16.6 Å². The number of phenolic OH excluding ortho intramolecular Hbond substituents is 1. The number of hydrogen-bond donors (Lipinski definition) is 2. The number of hydrogen-bond acceptors (Lipinski definition) is 3. The number of aromatic hydroxyl groups is 1. The highest BCUT2D eigenvalue weighted by Crippen LogP contribution is 2.36. The van der Waals surface area contributed by atoms with Crippen molar-refractivity contribution in [1.29, 1.82) is 0 Å². The molecular weight excluding hydrogens is 375 g/mol. The van der Waals surface area contributed by atoms with Crippen LogP contribution < -0.4 is 5.32 Å². The van der Waals surface area contributed by atoms with Crippen molar-refractivity contribution in [2.45, 2.75) is 25.6 Å². The van der Waals surface area contributed by atoms with Crippen LogP contribution in [0.2, 0.25) is 5.02 Å². The largest absolute Gasteiger partial charge is 0.508 e. The minimum absolute atomic E-state index is 0.198. The number of rotatable bonds is 3. The molecule has 2 atom stereocenters. The maximum Gasteiger partial charge on any atom is 0.131 e. The highest BCUT2D eigenvalue weighted by atomic mass is 35.5. The number of aryl methyl sites for hydroxylation is 1. The van der Waals surface area contributed by atoms with Crippen LogP contribution in [0.3, 0.4) is 0 Å². The molecule has 0 radical (unpaired) electrons. The molecule has 0 saturated carbocycles. The van der Waals surface area contributed by atoms with Gasteiger partial charge in [-0.05, 0) is 30.7 Å². The summed E-state index contributed by atoms with van der Waals surface area (Å²) in [6, 6.07) is 19.7. The molecule has 0 amide bonds. The van der Waals surface area contributed by atoms with E-state index in [1.54, 1.807) is 24.3 Å². The normalized spacial score (nSPS) is 19.3. The zero-order valence-electron chi connectivity index (χ0n) is 15.4. The van der Waals surface area contributed by atoms with Gasteiger partial charge in [-0.25, -0.2) is 4.39 Å². The summed E-state index contributed by atoms with van der Waals surface area (Å²) in [5.74, 6) is -0.210. The molecule has 1 aliphatic heterocycles. The summed E-state index contributed by atoms with van der Waals surface area (Å²) in [4.78, 5) is 4.78. The molecule has 1 heterocycles. The summed E-state index contributed by atoms with van der Waals surface area (Å²) in [5.41, 5.74) is 4.04. The third-order valence-corrected chi connectivity index (χ3v) is 5.34. The number of nitrogens with zero attached hydrogens (tertiary/aromatic N) is 1. The Labute approximate surface area is 168 Å². The average Bonchev–Trinajstić information content (AvgIpc) is 2.68. The SMILES string of the molecule is Cc1ccc(C2=N[C@@H](c3c(F)cccc3Cl)N[C@H](c3ccccc3O)C2)cc1. The summed E-state index contributed by atoms with van der Waals surface area (Å²) in [7, 11) is 0. The fraction of sp³-hybridized carbons (Fsp3) is 0.174. The van der Waals surface area contributed by atoms with Crippen LogP contribution in [0.15, 0.2) is 71.7 Å². The Morgan fingerprint density at radius 1 is 1.04 bits per heavy atom. The Balaban J connectivity index is 1.81. The van der Waals surface area contributed by atoms with Crippen LogP contribution in [0, 0.1) is 12.7 Å². The smallest absolute Gasteiger partial charge is 0.131 e. The number of nitrogens with one attached hydrogen (secondary N) is 1. The molecule has 0 saturated heterocycles. The molecular formula is C23H20ClFN2O. The molecule has 0 aliphatic carbocycles. The predicted molar refractivity (Wildman–Crippen MR) is 110 cm³/mol. The van der Waals surface area contributed by atoms with E-state index >= 15 is 0 Å². The third-order valence-electron chi connectivity index (χ3n) is 5.01. The highest BCUT2D eigenvalue weighted by molar-refractivity contribution is 6.31. The maximum atomic E-state index is 14.6. The van der Waals surface area contributed by atoms with Crippen LogP contribution in [0.4, 0.5) is 4.39 Å². The molecule has 0 fully saturated rings. The van der Waals surface area contributed by atoms with Crippen molar-refractivity contribution in [3.05, 3.63) is 99.8 Å². The number of aliphatic imine (C=N–C) groups is 1. The maximum absolute atomic E-state index is 14.6. The summed E-state index contributed by atoms with van der Waals surface area (Å²) in [6.07, 6.45) is -0.0770. The van der Waals surface area contributed by atoms with Crippen LogP contribution in [0.1, 0.15) is 40.9 Å². The van der Waals surface area contributed by atoms with E-state index in [9.17, 15) is 9.50 Å². The Hall–Kier alpha value is -2.69. The van der Waals surface area contributed by atoms with Gasteiger partial charge >= 0.3 is 0 Å². The molecule has 5 heteroatoms. The monoisotopic (exact) mass is 394 g/mol. The lowest BCUT2D eigenvalue weighted by Gasteiger charge is -2.31. The van der Waals surface area contributed by atoms with Crippen molar-refractivity contribution in [3.8, 4) is 5.75 Å². The van der Waals surface area contributed by atoms with Gasteiger partial charge in [0.25, 0.3) is 0 Å². The lowest BCUT2D eigenvalue weighted by molar-refractivity contribution is 0.405. The van der Waals surface area contributed by atoms with Gasteiger partial charge < -0.3 is 5.11 Å². The predicted octanol–water partition coefficient (Wildman–Crippen LogP) is 5.72. The first kappa shape index (κ1) is 18.7. The van der Waals surface area contributed by atoms with Crippen LogP contribution in [-0.4, -0.2) is 10.8 Å². The van der Waals surface area contributed by atoms with Gasteiger partial charge in [-0.2, -0.15) is 0 Å². The van der Waals surface area contributed by atoms with E-state index in [2.05, 4.69) is 5.32 Å². The molecule has 0 bridgehead atoms. The van der Waals surface area contributed by atoms with Gasteiger partial charge in [-0.3, -0.25) is 10.3 Å². The third kappa shape index (κ3) is 3.66. The van der Waals surface area contributed by atoms with Gasteiger partial charge in [0.1, 0.15) is 17.7 Å². The fourth-order valence-corrected chi connectivity index (χ4v) is 3.80. The second-order valence-corrected chi connectivity index (χ2v) is 7.37. The van der Waals surface area contributed by atoms with E-state index in [1.165, 1.54) is 6.07 Å². The quantitative estimate of drug-likeness (QED) is 0.597. The molecule has 2 N–H and O–H groups in total. The van der Waals surface area contributed by atoms with Crippen LogP contribution >= 0.6 is 11.6 Å². The minimum Gasteiger partial charge on any atom is -0.508 e. The lowest BCUT2D eigenvalue weighted by Crippen LogP contribution is -2.33. The number of para-hydroxylation sites is 1. The first-order valence-electron chi connectivity index (χ1n) is 9.14. The zero-order valence-corrected chi connectivity index (χ0v) is 16.1. The molecule has 0 aromatic heterocycles. The van der Waals surface area contributed by atoms with E-state index in [0.29, 0.717) is 17.0 Å². The second-order valence-electron chi connectivity index (χ2n) is 6.96. The van der Waals surface area contributed by atoms with Gasteiger partial charge in [0.2, 0.25) is 0 Å². The molecule has 4 rings (SSSR count). The lowest BCUT2D eigenvalue weighted by atomic mass is 9.93. The Bertz CT molecular complexity index is 1010. The molecule has 0 spiro atoms. The van der Waals surface area contributed by atoms with Crippen LogP contribution in [0.5, 0.6) is 5.75 Å². The standard InChI is InChI=1S/C23H20ClFN2O/c1-14-9-11-15(12-10-14)19-13-20(16-5-2-3-8-21(16)28)27-23(26-19)22-17(24)6-4-7-18(22)25/h2-12,20,23,27-28H,13H2,1H3/t20-,23+/m0/s1. The molecule has 1 aliphatic rings. The van der Waals surface area contributed by atoms with Crippen molar-refractivity contribution in [3.63, 3.8) is 0 Å².